The molecule has 1 aromatic carbocycles. The molecule has 1 heterocycles. The van der Waals surface area contributed by atoms with E-state index < -0.39 is 0 Å². The number of benzene rings is 1. The van der Waals surface area contributed by atoms with Gasteiger partial charge in [0.25, 0.3) is 0 Å². The monoisotopic (exact) mass is 330 g/mol. The number of urea groups is 1. The number of aryl methyl sites for hydroxylation is 1. The third kappa shape index (κ3) is 5.12. The topological polar surface area (TPSA) is 85.2 Å². The van der Waals surface area contributed by atoms with Crippen LogP contribution in [0.3, 0.4) is 0 Å². The Labute approximate surface area is 141 Å². The van der Waals surface area contributed by atoms with Crippen LogP contribution < -0.4 is 15.4 Å². The van der Waals surface area contributed by atoms with Gasteiger partial charge in [0, 0.05) is 31.0 Å². The van der Waals surface area contributed by atoms with Gasteiger partial charge in [-0.25, -0.2) is 9.78 Å². The van der Waals surface area contributed by atoms with Gasteiger partial charge in [0.1, 0.15) is 5.75 Å². The number of imidazole rings is 1. The number of rotatable bonds is 8. The van der Waals surface area contributed by atoms with Crippen molar-refractivity contribution >= 4 is 17.5 Å². The van der Waals surface area contributed by atoms with Crippen molar-refractivity contribution in [3.05, 3.63) is 42.5 Å². The molecular formula is C17H22N4O3. The molecule has 0 spiro atoms. The van der Waals surface area contributed by atoms with Gasteiger partial charge in [-0.3, -0.25) is 4.79 Å². The number of carbonyl (C=O) groups excluding carboxylic acids is 2. The molecular weight excluding hydrogens is 308 g/mol. The number of ether oxygens (including phenoxy) is 1. The molecule has 7 nitrogen and oxygen atoms in total. The molecule has 0 saturated carbocycles. The maximum absolute atomic E-state index is 12.0. The Bertz CT molecular complexity index is 683. The van der Waals surface area contributed by atoms with Gasteiger partial charge in [-0.05, 0) is 38.5 Å². The lowest BCUT2D eigenvalue weighted by atomic mass is 10.1. The van der Waals surface area contributed by atoms with Gasteiger partial charge in [-0.15, -0.1) is 0 Å². The first-order valence-corrected chi connectivity index (χ1v) is 7.88. The van der Waals surface area contributed by atoms with Gasteiger partial charge in [0.05, 0.1) is 18.6 Å². The van der Waals surface area contributed by atoms with E-state index in [1.165, 1.54) is 6.92 Å². The lowest BCUT2D eigenvalue weighted by molar-refractivity contribution is 0.101. The summed E-state index contributed by atoms with van der Waals surface area (Å²) in [5, 5.41) is 5.53. The highest BCUT2D eigenvalue weighted by molar-refractivity contribution is 5.97. The fourth-order valence-electron chi connectivity index (χ4n) is 2.18. The van der Waals surface area contributed by atoms with Crippen LogP contribution in [0, 0.1) is 0 Å². The van der Waals surface area contributed by atoms with E-state index in [0.29, 0.717) is 30.2 Å². The standard InChI is InChI=1S/C17H22N4O3/c1-3-24-16-6-5-14(13(2)22)11-15(16)20-17(23)19-7-4-9-21-10-8-18-12-21/h5-6,8,10-12H,3-4,7,9H2,1-2H3,(H2,19,20,23). The van der Waals surface area contributed by atoms with Crippen LogP contribution in [0.2, 0.25) is 0 Å². The van der Waals surface area contributed by atoms with E-state index in [0.717, 1.165) is 13.0 Å². The fourth-order valence-corrected chi connectivity index (χ4v) is 2.18. The van der Waals surface area contributed by atoms with Crippen molar-refractivity contribution in [2.45, 2.75) is 26.8 Å². The summed E-state index contributed by atoms with van der Waals surface area (Å²) in [6.07, 6.45) is 6.12. The summed E-state index contributed by atoms with van der Waals surface area (Å²) < 4.78 is 7.43. The van der Waals surface area contributed by atoms with Gasteiger partial charge in [-0.2, -0.15) is 0 Å². The first-order chi connectivity index (χ1) is 11.6. The summed E-state index contributed by atoms with van der Waals surface area (Å²) in [6, 6.07) is 4.66. The van der Waals surface area contributed by atoms with E-state index >= 15 is 0 Å². The Hall–Kier alpha value is -2.83. The zero-order valence-corrected chi connectivity index (χ0v) is 13.9. The van der Waals surface area contributed by atoms with Crippen LogP contribution >= 0.6 is 0 Å². The van der Waals surface area contributed by atoms with Crippen LogP contribution in [0.25, 0.3) is 0 Å². The number of aromatic nitrogens is 2. The number of amides is 2. The molecule has 7 heteroatoms. The molecule has 2 rings (SSSR count). The van der Waals surface area contributed by atoms with Crippen LogP contribution in [0.1, 0.15) is 30.6 Å². The van der Waals surface area contributed by atoms with E-state index in [-0.39, 0.29) is 11.8 Å². The Morgan fingerprint density at radius 2 is 2.17 bits per heavy atom. The highest BCUT2D eigenvalue weighted by atomic mass is 16.5. The SMILES string of the molecule is CCOc1ccc(C(C)=O)cc1NC(=O)NCCCn1ccnc1. The van der Waals surface area contributed by atoms with Gasteiger partial charge in [0.2, 0.25) is 0 Å². The van der Waals surface area contributed by atoms with Gasteiger partial charge in [-0.1, -0.05) is 0 Å². The highest BCUT2D eigenvalue weighted by Gasteiger charge is 2.10. The van der Waals surface area contributed by atoms with Crippen LogP contribution in [0.5, 0.6) is 5.75 Å². The van der Waals surface area contributed by atoms with Crippen molar-refractivity contribution in [1.82, 2.24) is 14.9 Å². The number of hydrogen-bond donors (Lipinski definition) is 2. The fraction of sp³-hybridized carbons (Fsp3) is 0.353. The lowest BCUT2D eigenvalue weighted by Crippen LogP contribution is -2.30. The van der Waals surface area contributed by atoms with Gasteiger partial charge < -0.3 is 19.9 Å². The van der Waals surface area contributed by atoms with Crippen LogP contribution in [-0.4, -0.2) is 34.5 Å². The second-order valence-electron chi connectivity index (χ2n) is 5.24. The second kappa shape index (κ2) is 8.71. The molecule has 0 saturated heterocycles. The molecule has 2 amide bonds. The number of anilines is 1. The smallest absolute Gasteiger partial charge is 0.319 e. The molecule has 128 valence electrons. The molecule has 2 aromatic rings. The largest absolute Gasteiger partial charge is 0.492 e. The maximum Gasteiger partial charge on any atom is 0.319 e. The van der Waals surface area contributed by atoms with E-state index in [9.17, 15) is 9.59 Å². The number of nitrogens with zero attached hydrogens (tertiary/aromatic N) is 2. The second-order valence-corrected chi connectivity index (χ2v) is 5.24. The minimum absolute atomic E-state index is 0.0677. The molecule has 0 aliphatic rings. The van der Waals surface area contributed by atoms with Crippen LogP contribution in [0.4, 0.5) is 10.5 Å². The summed E-state index contributed by atoms with van der Waals surface area (Å²) in [5.41, 5.74) is 1.01. The number of Topliss-reactive ketones (excluding diaryl/α,β-unsaturated/α-hetero) is 1. The van der Waals surface area contributed by atoms with Crippen molar-refractivity contribution in [2.24, 2.45) is 0 Å². The average molecular weight is 330 g/mol. The zero-order valence-electron chi connectivity index (χ0n) is 13.9. The molecule has 0 bridgehead atoms. The minimum Gasteiger partial charge on any atom is -0.492 e. The summed E-state index contributed by atoms with van der Waals surface area (Å²) >= 11 is 0. The number of nitrogens with one attached hydrogen (secondary N) is 2. The van der Waals surface area contributed by atoms with E-state index in [1.807, 2.05) is 17.7 Å². The molecule has 0 fully saturated rings. The number of ketones is 1. The summed E-state index contributed by atoms with van der Waals surface area (Å²) in [7, 11) is 0. The predicted octanol–water partition coefficient (Wildman–Crippen LogP) is 2.70. The predicted molar refractivity (Wildman–Crippen MR) is 91.5 cm³/mol. The molecule has 0 aliphatic heterocycles. The zero-order chi connectivity index (χ0) is 17.4. The summed E-state index contributed by atoms with van der Waals surface area (Å²) in [5.74, 6) is 0.470. The van der Waals surface area contributed by atoms with Crippen molar-refractivity contribution in [3.8, 4) is 5.75 Å². The third-order valence-electron chi connectivity index (χ3n) is 3.37. The molecule has 0 unspecified atom stereocenters. The highest BCUT2D eigenvalue weighted by Crippen LogP contribution is 2.26. The molecule has 2 N–H and O–H groups in total. The van der Waals surface area contributed by atoms with Crippen molar-refractivity contribution in [3.63, 3.8) is 0 Å². The van der Waals surface area contributed by atoms with Crippen LogP contribution in [-0.2, 0) is 6.54 Å². The van der Waals surface area contributed by atoms with Crippen molar-refractivity contribution < 1.29 is 14.3 Å². The first-order valence-electron chi connectivity index (χ1n) is 7.88. The van der Waals surface area contributed by atoms with Gasteiger partial charge >= 0.3 is 6.03 Å². The normalized spacial score (nSPS) is 10.2. The Balaban J connectivity index is 1.89. The first kappa shape index (κ1) is 17.5. The molecule has 24 heavy (non-hydrogen) atoms. The lowest BCUT2D eigenvalue weighted by Gasteiger charge is -2.13. The van der Waals surface area contributed by atoms with E-state index in [2.05, 4.69) is 15.6 Å². The Morgan fingerprint density at radius 3 is 2.83 bits per heavy atom. The Morgan fingerprint density at radius 1 is 1.33 bits per heavy atom. The van der Waals surface area contributed by atoms with Crippen molar-refractivity contribution in [1.29, 1.82) is 0 Å². The maximum atomic E-state index is 12.0. The molecule has 0 radical (unpaired) electrons. The third-order valence-corrected chi connectivity index (χ3v) is 3.37. The molecule has 1 aromatic heterocycles. The Kier molecular flexibility index (Phi) is 6.36. The summed E-state index contributed by atoms with van der Waals surface area (Å²) in [6.45, 7) is 5.12. The molecule has 0 aliphatic carbocycles. The van der Waals surface area contributed by atoms with E-state index in [4.69, 9.17) is 4.74 Å². The van der Waals surface area contributed by atoms with Gasteiger partial charge in [0.15, 0.2) is 5.78 Å². The molecule has 0 atom stereocenters. The number of carbonyl (C=O) groups is 2. The number of hydrogen-bond acceptors (Lipinski definition) is 4. The minimum atomic E-state index is -0.331. The van der Waals surface area contributed by atoms with E-state index in [1.54, 1.807) is 30.7 Å². The van der Waals surface area contributed by atoms with Crippen molar-refractivity contribution in [2.75, 3.05) is 18.5 Å². The summed E-state index contributed by atoms with van der Waals surface area (Å²) in [4.78, 5) is 27.5. The quantitative estimate of drug-likeness (QED) is 0.575. The van der Waals surface area contributed by atoms with Crippen LogP contribution in [0.15, 0.2) is 36.9 Å². The average Bonchev–Trinajstić information content (AvgIpc) is 3.06.